The zero-order valence-electron chi connectivity index (χ0n) is 12.6. The van der Waals surface area contributed by atoms with Crippen LogP contribution in [0.4, 0.5) is 0 Å². The van der Waals surface area contributed by atoms with Crippen LogP contribution in [0.5, 0.6) is 0 Å². The van der Waals surface area contributed by atoms with Gasteiger partial charge in [-0.3, -0.25) is 9.67 Å². The first-order valence-electron chi connectivity index (χ1n) is 7.39. The zero-order valence-corrected chi connectivity index (χ0v) is 12.6. The predicted octanol–water partition coefficient (Wildman–Crippen LogP) is 2.66. The molecule has 0 spiro atoms. The minimum atomic E-state index is 0.308. The second-order valence-corrected chi connectivity index (χ2v) is 5.13. The van der Waals surface area contributed by atoms with E-state index in [0.717, 1.165) is 25.8 Å². The minimum absolute atomic E-state index is 0.308. The first kappa shape index (κ1) is 14.7. The Hall–Kier alpha value is -1.68. The highest BCUT2D eigenvalue weighted by Gasteiger charge is 2.17. The van der Waals surface area contributed by atoms with Crippen LogP contribution in [0, 0.1) is 0 Å². The Bertz CT molecular complexity index is 519. The SMILES string of the molecule is CCCNC(Cc1cccnc1)c1cn(C)nc1CC. The lowest BCUT2D eigenvalue weighted by Crippen LogP contribution is -2.24. The standard InChI is InChI=1S/C16H24N4/c1-4-8-18-16(10-13-7-6-9-17-11-13)14-12-20(3)19-15(14)5-2/h6-7,9,11-12,16,18H,4-5,8,10H2,1-3H3. The molecule has 1 N–H and O–H groups in total. The number of hydrogen-bond acceptors (Lipinski definition) is 3. The lowest BCUT2D eigenvalue weighted by atomic mass is 9.99. The van der Waals surface area contributed by atoms with Gasteiger partial charge in [0.15, 0.2) is 0 Å². The third-order valence-corrected chi connectivity index (χ3v) is 3.45. The van der Waals surface area contributed by atoms with E-state index in [2.05, 4.69) is 41.5 Å². The summed E-state index contributed by atoms with van der Waals surface area (Å²) >= 11 is 0. The van der Waals surface area contributed by atoms with Crippen LogP contribution in [-0.4, -0.2) is 21.3 Å². The average Bonchev–Trinajstić information content (AvgIpc) is 2.85. The van der Waals surface area contributed by atoms with E-state index in [0.29, 0.717) is 6.04 Å². The van der Waals surface area contributed by atoms with Crippen LogP contribution in [0.25, 0.3) is 0 Å². The Morgan fingerprint density at radius 1 is 1.35 bits per heavy atom. The molecule has 0 saturated carbocycles. The maximum Gasteiger partial charge on any atom is 0.0669 e. The van der Waals surface area contributed by atoms with Crippen molar-refractivity contribution in [1.82, 2.24) is 20.1 Å². The third-order valence-electron chi connectivity index (χ3n) is 3.45. The van der Waals surface area contributed by atoms with Crippen LogP contribution in [-0.2, 0) is 19.9 Å². The van der Waals surface area contributed by atoms with Gasteiger partial charge in [-0.25, -0.2) is 0 Å². The summed E-state index contributed by atoms with van der Waals surface area (Å²) in [7, 11) is 1.99. The van der Waals surface area contributed by atoms with Gasteiger partial charge in [0.1, 0.15) is 0 Å². The van der Waals surface area contributed by atoms with Crippen molar-refractivity contribution in [2.75, 3.05) is 6.54 Å². The van der Waals surface area contributed by atoms with E-state index < -0.39 is 0 Å². The lowest BCUT2D eigenvalue weighted by molar-refractivity contribution is 0.525. The van der Waals surface area contributed by atoms with Crippen LogP contribution >= 0.6 is 0 Å². The highest BCUT2D eigenvalue weighted by molar-refractivity contribution is 5.24. The molecule has 4 nitrogen and oxygen atoms in total. The molecule has 2 aromatic heterocycles. The largest absolute Gasteiger partial charge is 0.310 e. The first-order valence-corrected chi connectivity index (χ1v) is 7.39. The molecule has 0 aliphatic heterocycles. The van der Waals surface area contributed by atoms with Crippen LogP contribution < -0.4 is 5.32 Å². The number of rotatable bonds is 7. The van der Waals surface area contributed by atoms with E-state index in [4.69, 9.17) is 0 Å². The second kappa shape index (κ2) is 7.20. The number of hydrogen-bond donors (Lipinski definition) is 1. The quantitative estimate of drug-likeness (QED) is 0.842. The normalized spacial score (nSPS) is 12.6. The topological polar surface area (TPSA) is 42.7 Å². The molecule has 0 saturated heterocycles. The summed E-state index contributed by atoms with van der Waals surface area (Å²) in [5.74, 6) is 0. The molecule has 2 rings (SSSR count). The van der Waals surface area contributed by atoms with Gasteiger partial charge in [-0.1, -0.05) is 19.9 Å². The van der Waals surface area contributed by atoms with Crippen molar-refractivity contribution >= 4 is 0 Å². The smallest absolute Gasteiger partial charge is 0.0669 e. The van der Waals surface area contributed by atoms with E-state index in [1.807, 2.05) is 30.2 Å². The fourth-order valence-electron chi connectivity index (χ4n) is 2.48. The van der Waals surface area contributed by atoms with Crippen LogP contribution in [0.3, 0.4) is 0 Å². The number of aryl methyl sites for hydroxylation is 2. The van der Waals surface area contributed by atoms with Gasteiger partial charge < -0.3 is 5.32 Å². The van der Waals surface area contributed by atoms with E-state index in [1.54, 1.807) is 0 Å². The van der Waals surface area contributed by atoms with E-state index in [1.165, 1.54) is 16.8 Å². The number of aromatic nitrogens is 3. The van der Waals surface area contributed by atoms with Gasteiger partial charge in [-0.2, -0.15) is 5.10 Å². The molecule has 2 aromatic rings. The minimum Gasteiger partial charge on any atom is -0.310 e. The fraction of sp³-hybridized carbons (Fsp3) is 0.500. The molecule has 0 radical (unpaired) electrons. The van der Waals surface area contributed by atoms with Crippen molar-refractivity contribution < 1.29 is 0 Å². The summed E-state index contributed by atoms with van der Waals surface area (Å²) in [6, 6.07) is 4.44. The Morgan fingerprint density at radius 2 is 2.20 bits per heavy atom. The van der Waals surface area contributed by atoms with E-state index in [9.17, 15) is 0 Å². The van der Waals surface area contributed by atoms with Gasteiger partial charge in [0.05, 0.1) is 5.69 Å². The van der Waals surface area contributed by atoms with E-state index >= 15 is 0 Å². The molecule has 20 heavy (non-hydrogen) atoms. The van der Waals surface area contributed by atoms with Gasteiger partial charge >= 0.3 is 0 Å². The summed E-state index contributed by atoms with van der Waals surface area (Å²) in [5.41, 5.74) is 3.75. The van der Waals surface area contributed by atoms with Crippen molar-refractivity contribution in [3.63, 3.8) is 0 Å². The fourth-order valence-corrected chi connectivity index (χ4v) is 2.48. The molecule has 2 heterocycles. The molecular weight excluding hydrogens is 248 g/mol. The maximum atomic E-state index is 4.56. The van der Waals surface area contributed by atoms with Crippen molar-refractivity contribution in [3.8, 4) is 0 Å². The molecule has 0 amide bonds. The van der Waals surface area contributed by atoms with Gasteiger partial charge in [0, 0.05) is 37.2 Å². The number of nitrogens with zero attached hydrogens (tertiary/aromatic N) is 3. The summed E-state index contributed by atoms with van der Waals surface area (Å²) in [5, 5.41) is 8.20. The van der Waals surface area contributed by atoms with Crippen molar-refractivity contribution in [2.24, 2.45) is 7.05 Å². The molecule has 4 heteroatoms. The number of nitrogens with one attached hydrogen (secondary N) is 1. The highest BCUT2D eigenvalue weighted by atomic mass is 15.3. The highest BCUT2D eigenvalue weighted by Crippen LogP contribution is 2.21. The molecule has 108 valence electrons. The molecule has 1 unspecified atom stereocenters. The van der Waals surface area contributed by atoms with E-state index in [-0.39, 0.29) is 0 Å². The molecular formula is C16H24N4. The van der Waals surface area contributed by atoms with Gasteiger partial charge in [-0.05, 0) is 37.4 Å². The van der Waals surface area contributed by atoms with Gasteiger partial charge in [0.2, 0.25) is 0 Å². The Morgan fingerprint density at radius 3 is 2.85 bits per heavy atom. The number of pyridine rings is 1. The summed E-state index contributed by atoms with van der Waals surface area (Å²) < 4.78 is 1.91. The third kappa shape index (κ3) is 3.67. The van der Waals surface area contributed by atoms with Crippen LogP contribution in [0.1, 0.15) is 43.1 Å². The average molecular weight is 272 g/mol. The summed E-state index contributed by atoms with van der Waals surface area (Å²) in [6.07, 6.45) is 8.95. The Kier molecular flexibility index (Phi) is 5.30. The molecule has 0 aliphatic carbocycles. The van der Waals surface area contributed by atoms with Gasteiger partial charge in [0.25, 0.3) is 0 Å². The van der Waals surface area contributed by atoms with Crippen LogP contribution in [0.15, 0.2) is 30.7 Å². The first-order chi connectivity index (χ1) is 9.74. The molecule has 0 fully saturated rings. The van der Waals surface area contributed by atoms with Crippen molar-refractivity contribution in [1.29, 1.82) is 0 Å². The zero-order chi connectivity index (χ0) is 14.4. The molecule has 0 aromatic carbocycles. The Labute approximate surface area is 121 Å². The monoisotopic (exact) mass is 272 g/mol. The Balaban J connectivity index is 2.22. The molecule has 1 atom stereocenters. The van der Waals surface area contributed by atoms with Crippen LogP contribution in [0.2, 0.25) is 0 Å². The second-order valence-electron chi connectivity index (χ2n) is 5.13. The summed E-state index contributed by atoms with van der Waals surface area (Å²) in [4.78, 5) is 4.21. The summed E-state index contributed by atoms with van der Waals surface area (Å²) in [6.45, 7) is 5.37. The van der Waals surface area contributed by atoms with Crippen molar-refractivity contribution in [3.05, 3.63) is 47.5 Å². The van der Waals surface area contributed by atoms with Gasteiger partial charge in [-0.15, -0.1) is 0 Å². The maximum absolute atomic E-state index is 4.56. The lowest BCUT2D eigenvalue weighted by Gasteiger charge is -2.18. The molecule has 0 bridgehead atoms. The molecule has 0 aliphatic rings. The predicted molar refractivity (Wildman–Crippen MR) is 81.6 cm³/mol. The van der Waals surface area contributed by atoms with Crippen molar-refractivity contribution in [2.45, 2.75) is 39.2 Å².